The molecule has 8 nitrogen and oxygen atoms in total. The van der Waals surface area contributed by atoms with Crippen molar-refractivity contribution in [1.29, 1.82) is 0 Å². The Labute approximate surface area is 241 Å². The third kappa shape index (κ3) is 7.34. The van der Waals surface area contributed by atoms with E-state index in [1.165, 1.54) is 36.3 Å². The highest BCUT2D eigenvalue weighted by Crippen LogP contribution is 2.32. The van der Waals surface area contributed by atoms with Crippen molar-refractivity contribution in [2.24, 2.45) is 0 Å². The lowest BCUT2D eigenvalue weighted by molar-refractivity contribution is -0.140. The summed E-state index contributed by atoms with van der Waals surface area (Å²) < 4.78 is 34.1. The first-order chi connectivity index (χ1) is 19.0. The standard InChI is InChI=1S/C30H36ClN3O5S/c1-6-27(30(36)32-7-2)33(19-23-12-8-21(3)9-13-23)29(35)20-34(24-14-17-28(39-5)26(31)18-24)40(37,38)25-15-10-22(4)11-16-25/h8-18,27H,6-7,19-20H2,1-5H3,(H,32,36)/t27-/m0/s1. The van der Waals surface area contributed by atoms with E-state index in [1.807, 2.05) is 45.0 Å². The van der Waals surface area contributed by atoms with Crippen LogP contribution in [-0.2, 0) is 26.2 Å². The Hall–Kier alpha value is -3.56. The van der Waals surface area contributed by atoms with Gasteiger partial charge in [-0.3, -0.25) is 13.9 Å². The molecule has 0 spiro atoms. The van der Waals surface area contributed by atoms with Crippen LogP contribution in [0.5, 0.6) is 5.75 Å². The molecule has 3 aromatic carbocycles. The van der Waals surface area contributed by atoms with Crippen molar-refractivity contribution in [3.8, 4) is 5.75 Å². The maximum Gasteiger partial charge on any atom is 0.264 e. The van der Waals surface area contributed by atoms with Crippen molar-refractivity contribution in [1.82, 2.24) is 10.2 Å². The summed E-state index contributed by atoms with van der Waals surface area (Å²) in [6.45, 7) is 7.44. The van der Waals surface area contributed by atoms with E-state index >= 15 is 0 Å². The number of amides is 2. The number of carbonyl (C=O) groups is 2. The molecule has 0 saturated heterocycles. The van der Waals surface area contributed by atoms with E-state index < -0.39 is 28.5 Å². The molecule has 2 amide bonds. The van der Waals surface area contributed by atoms with Gasteiger partial charge >= 0.3 is 0 Å². The van der Waals surface area contributed by atoms with Gasteiger partial charge in [0.25, 0.3) is 10.0 Å². The molecular weight excluding hydrogens is 550 g/mol. The van der Waals surface area contributed by atoms with Gasteiger partial charge in [-0.1, -0.05) is 66.0 Å². The fourth-order valence-corrected chi connectivity index (χ4v) is 5.94. The summed E-state index contributed by atoms with van der Waals surface area (Å²) in [4.78, 5) is 28.5. The molecular formula is C30H36ClN3O5S. The molecule has 0 aliphatic rings. The summed E-state index contributed by atoms with van der Waals surface area (Å²) in [7, 11) is -2.73. The Morgan fingerprint density at radius 1 is 0.950 bits per heavy atom. The summed E-state index contributed by atoms with van der Waals surface area (Å²) in [6.07, 6.45) is 0.350. The Morgan fingerprint density at radius 3 is 2.08 bits per heavy atom. The Bertz CT molecular complexity index is 1430. The van der Waals surface area contributed by atoms with Crippen LogP contribution in [0.25, 0.3) is 0 Å². The van der Waals surface area contributed by atoms with Gasteiger partial charge in [0.1, 0.15) is 18.3 Å². The van der Waals surface area contributed by atoms with Crippen LogP contribution in [0.3, 0.4) is 0 Å². The second kappa shape index (κ2) is 13.7. The van der Waals surface area contributed by atoms with E-state index in [2.05, 4.69) is 5.32 Å². The number of likely N-dealkylation sites (N-methyl/N-ethyl adjacent to an activating group) is 1. The number of methoxy groups -OCH3 is 1. The van der Waals surface area contributed by atoms with Gasteiger partial charge in [-0.2, -0.15) is 0 Å². The van der Waals surface area contributed by atoms with Gasteiger partial charge < -0.3 is 15.0 Å². The quantitative estimate of drug-likeness (QED) is 0.319. The Morgan fingerprint density at radius 2 is 1.55 bits per heavy atom. The summed E-state index contributed by atoms with van der Waals surface area (Å²) in [6, 6.07) is 17.8. The zero-order valence-electron chi connectivity index (χ0n) is 23.5. The molecule has 0 bridgehead atoms. The molecule has 3 rings (SSSR count). The molecule has 0 aromatic heterocycles. The molecule has 10 heteroatoms. The number of aryl methyl sites for hydroxylation is 2. The lowest BCUT2D eigenvalue weighted by Gasteiger charge is -2.33. The van der Waals surface area contributed by atoms with Gasteiger partial charge in [0.05, 0.1) is 22.7 Å². The molecule has 40 heavy (non-hydrogen) atoms. The zero-order chi connectivity index (χ0) is 29.4. The number of ether oxygens (including phenoxy) is 1. The van der Waals surface area contributed by atoms with Gasteiger partial charge in [-0.05, 0) is 63.1 Å². The smallest absolute Gasteiger partial charge is 0.264 e. The van der Waals surface area contributed by atoms with Crippen LogP contribution in [0, 0.1) is 13.8 Å². The van der Waals surface area contributed by atoms with Gasteiger partial charge in [0.2, 0.25) is 11.8 Å². The minimum atomic E-state index is -4.19. The van der Waals surface area contributed by atoms with E-state index in [4.69, 9.17) is 16.3 Å². The second-order valence-corrected chi connectivity index (χ2v) is 11.7. The van der Waals surface area contributed by atoms with Gasteiger partial charge in [-0.25, -0.2) is 8.42 Å². The lowest BCUT2D eigenvalue weighted by Crippen LogP contribution is -2.52. The van der Waals surface area contributed by atoms with Crippen molar-refractivity contribution in [3.63, 3.8) is 0 Å². The largest absolute Gasteiger partial charge is 0.495 e. The summed E-state index contributed by atoms with van der Waals surface area (Å²) in [5.74, 6) is -0.458. The number of rotatable bonds is 12. The predicted molar refractivity (Wildman–Crippen MR) is 158 cm³/mol. The first kappa shape index (κ1) is 31.0. The van der Waals surface area contributed by atoms with E-state index in [-0.39, 0.29) is 28.1 Å². The van der Waals surface area contributed by atoms with Crippen molar-refractivity contribution in [2.75, 3.05) is 24.5 Å². The minimum Gasteiger partial charge on any atom is -0.495 e. The predicted octanol–water partition coefficient (Wildman–Crippen LogP) is 5.10. The summed E-state index contributed by atoms with van der Waals surface area (Å²) in [5, 5.41) is 2.99. The second-order valence-electron chi connectivity index (χ2n) is 9.47. The highest BCUT2D eigenvalue weighted by Gasteiger charge is 2.33. The first-order valence-electron chi connectivity index (χ1n) is 13.1. The number of benzene rings is 3. The topological polar surface area (TPSA) is 96.0 Å². The van der Waals surface area contributed by atoms with Crippen LogP contribution in [0.15, 0.2) is 71.6 Å². The van der Waals surface area contributed by atoms with Gasteiger partial charge in [-0.15, -0.1) is 0 Å². The molecule has 0 saturated carbocycles. The molecule has 0 aliphatic carbocycles. The first-order valence-corrected chi connectivity index (χ1v) is 14.9. The van der Waals surface area contributed by atoms with E-state index in [0.717, 1.165) is 21.0 Å². The van der Waals surface area contributed by atoms with Crippen LogP contribution in [0.2, 0.25) is 5.02 Å². The third-order valence-electron chi connectivity index (χ3n) is 6.52. The third-order valence-corrected chi connectivity index (χ3v) is 8.61. The molecule has 0 aliphatic heterocycles. The fourth-order valence-electron chi connectivity index (χ4n) is 4.28. The number of sulfonamides is 1. The van der Waals surface area contributed by atoms with Crippen LogP contribution in [0.1, 0.15) is 37.0 Å². The number of hydrogen-bond acceptors (Lipinski definition) is 5. The molecule has 0 fully saturated rings. The monoisotopic (exact) mass is 585 g/mol. The maximum absolute atomic E-state index is 14.0. The van der Waals surface area contributed by atoms with Crippen molar-refractivity contribution >= 4 is 39.1 Å². The summed E-state index contributed by atoms with van der Waals surface area (Å²) in [5.41, 5.74) is 2.97. The van der Waals surface area contributed by atoms with Gasteiger partial charge in [0, 0.05) is 13.1 Å². The van der Waals surface area contributed by atoms with Crippen molar-refractivity contribution in [2.45, 2.75) is 51.6 Å². The minimum absolute atomic E-state index is 0.0266. The summed E-state index contributed by atoms with van der Waals surface area (Å²) >= 11 is 6.36. The van der Waals surface area contributed by atoms with E-state index in [1.54, 1.807) is 25.1 Å². The number of anilines is 1. The SMILES string of the molecule is CCNC(=O)[C@H](CC)N(Cc1ccc(C)cc1)C(=O)CN(c1ccc(OC)c(Cl)c1)S(=O)(=O)c1ccc(C)cc1. The molecule has 1 atom stereocenters. The molecule has 214 valence electrons. The molecule has 3 aromatic rings. The molecule has 0 radical (unpaired) electrons. The Balaban J connectivity index is 2.09. The maximum atomic E-state index is 14.0. The van der Waals surface area contributed by atoms with Crippen LogP contribution < -0.4 is 14.4 Å². The average Bonchev–Trinajstić information content (AvgIpc) is 2.92. The number of hydrogen-bond donors (Lipinski definition) is 1. The van der Waals surface area contributed by atoms with Crippen molar-refractivity contribution < 1.29 is 22.7 Å². The lowest BCUT2D eigenvalue weighted by atomic mass is 10.1. The molecule has 0 heterocycles. The zero-order valence-corrected chi connectivity index (χ0v) is 25.1. The van der Waals surface area contributed by atoms with Crippen LogP contribution >= 0.6 is 11.6 Å². The molecule has 0 unspecified atom stereocenters. The van der Waals surface area contributed by atoms with Crippen LogP contribution in [0.4, 0.5) is 5.69 Å². The van der Waals surface area contributed by atoms with Crippen LogP contribution in [-0.4, -0.2) is 51.4 Å². The van der Waals surface area contributed by atoms with E-state index in [0.29, 0.717) is 18.7 Å². The normalized spacial score (nSPS) is 11.9. The highest BCUT2D eigenvalue weighted by molar-refractivity contribution is 7.92. The number of nitrogens with zero attached hydrogens (tertiary/aromatic N) is 2. The average molecular weight is 586 g/mol. The highest BCUT2D eigenvalue weighted by atomic mass is 35.5. The fraction of sp³-hybridized carbons (Fsp3) is 0.333. The molecule has 1 N–H and O–H groups in total. The number of nitrogens with one attached hydrogen (secondary N) is 1. The van der Waals surface area contributed by atoms with Gasteiger partial charge in [0.15, 0.2) is 0 Å². The Kier molecular flexibility index (Phi) is 10.6. The van der Waals surface area contributed by atoms with E-state index in [9.17, 15) is 18.0 Å². The number of carbonyl (C=O) groups excluding carboxylic acids is 2. The number of halogens is 1. The van der Waals surface area contributed by atoms with Crippen molar-refractivity contribution in [3.05, 3.63) is 88.4 Å².